The first-order valence-electron chi connectivity index (χ1n) is 11.5. The van der Waals surface area contributed by atoms with E-state index >= 15 is 0 Å². The molecule has 0 radical (unpaired) electrons. The van der Waals surface area contributed by atoms with Crippen LogP contribution in [0.1, 0.15) is 37.3 Å². The number of benzene rings is 2. The lowest BCUT2D eigenvalue weighted by Gasteiger charge is -2.38. The molecule has 3 rings (SSSR count). The lowest BCUT2D eigenvalue weighted by molar-refractivity contribution is -0.137. The zero-order valence-corrected chi connectivity index (χ0v) is 21.2. The maximum atomic E-state index is 13.1. The molecular weight excluding hydrogens is 446 g/mol. The second-order valence-electron chi connectivity index (χ2n) is 8.27. The molecule has 1 heterocycles. The van der Waals surface area contributed by atoms with Gasteiger partial charge in [-0.3, -0.25) is 0 Å². The quantitative estimate of drug-likeness (QED) is 0.486. The van der Waals surface area contributed by atoms with E-state index < -0.39 is 17.9 Å². The van der Waals surface area contributed by atoms with Crippen molar-refractivity contribution >= 4 is 11.9 Å². The number of carbonyl (C=O) groups excluding carboxylic acids is 2. The summed E-state index contributed by atoms with van der Waals surface area (Å²) in [5.41, 5.74) is 4.21. The molecule has 0 atom stereocenters. The topological polar surface area (TPSA) is 74.3 Å². The number of methoxy groups -OCH3 is 4. The van der Waals surface area contributed by atoms with Crippen LogP contribution in [0.2, 0.25) is 0 Å². The highest BCUT2D eigenvalue weighted by atomic mass is 16.5. The third-order valence-electron chi connectivity index (χ3n) is 6.41. The smallest absolute Gasteiger partial charge is 0.336 e. The van der Waals surface area contributed by atoms with E-state index in [1.54, 1.807) is 26.4 Å². The van der Waals surface area contributed by atoms with Gasteiger partial charge in [0.1, 0.15) is 0 Å². The third-order valence-corrected chi connectivity index (χ3v) is 6.41. The Balaban J connectivity index is 2.10. The van der Waals surface area contributed by atoms with E-state index in [1.807, 2.05) is 43.0 Å². The lowest BCUT2D eigenvalue weighted by atomic mass is 9.79. The van der Waals surface area contributed by atoms with E-state index in [2.05, 4.69) is 12.1 Å². The number of ether oxygens (including phenoxy) is 4. The summed E-state index contributed by atoms with van der Waals surface area (Å²) in [4.78, 5) is 28.2. The van der Waals surface area contributed by atoms with Crippen LogP contribution in [-0.4, -0.2) is 51.8 Å². The van der Waals surface area contributed by atoms with E-state index in [-0.39, 0.29) is 0 Å². The predicted octanol–water partition coefficient (Wildman–Crippen LogP) is 4.63. The van der Waals surface area contributed by atoms with Crippen molar-refractivity contribution in [2.45, 2.75) is 32.6 Å². The number of hydrogen-bond acceptors (Lipinski definition) is 7. The molecule has 0 saturated carbocycles. The van der Waals surface area contributed by atoms with Crippen molar-refractivity contribution in [2.75, 3.05) is 35.0 Å². The maximum absolute atomic E-state index is 13.1. The summed E-state index contributed by atoms with van der Waals surface area (Å²) in [5.74, 6) is -0.622. The first kappa shape index (κ1) is 25.9. The summed E-state index contributed by atoms with van der Waals surface area (Å²) >= 11 is 0. The minimum Gasteiger partial charge on any atom is -0.493 e. The van der Waals surface area contributed by atoms with Gasteiger partial charge in [0.2, 0.25) is 0 Å². The molecule has 0 aliphatic carbocycles. The zero-order valence-electron chi connectivity index (χ0n) is 21.2. The minimum absolute atomic E-state index is 0.394. The molecule has 1 aliphatic heterocycles. The molecule has 2 aromatic carbocycles. The summed E-state index contributed by atoms with van der Waals surface area (Å²) in [6.07, 6.45) is 1.71. The molecule has 0 saturated heterocycles. The molecule has 2 aromatic rings. The molecule has 0 aromatic heterocycles. The molecular formula is C28H33NO6. The summed E-state index contributed by atoms with van der Waals surface area (Å²) < 4.78 is 21.2. The van der Waals surface area contributed by atoms with Crippen LogP contribution in [0.5, 0.6) is 11.5 Å². The number of carbonyl (C=O) groups is 2. The minimum atomic E-state index is -0.680. The molecule has 0 N–H and O–H groups in total. The number of hydrogen-bond donors (Lipinski definition) is 0. The van der Waals surface area contributed by atoms with Gasteiger partial charge in [0, 0.05) is 17.9 Å². The van der Waals surface area contributed by atoms with Crippen LogP contribution in [0.15, 0.2) is 71.1 Å². The van der Waals surface area contributed by atoms with E-state index in [9.17, 15) is 9.59 Å². The summed E-state index contributed by atoms with van der Waals surface area (Å²) in [7, 11) is 5.79. The average molecular weight is 480 g/mol. The summed E-state index contributed by atoms with van der Waals surface area (Å²) in [6, 6.07) is 15.6. The van der Waals surface area contributed by atoms with Crippen molar-refractivity contribution in [3.8, 4) is 11.5 Å². The molecule has 7 heteroatoms. The number of aryl methyl sites for hydroxylation is 1. The van der Waals surface area contributed by atoms with E-state index in [0.717, 1.165) is 24.2 Å². The monoisotopic (exact) mass is 479 g/mol. The van der Waals surface area contributed by atoms with Crippen LogP contribution < -0.4 is 9.47 Å². The van der Waals surface area contributed by atoms with Crippen LogP contribution in [0.25, 0.3) is 0 Å². The number of esters is 2. The standard InChI is InChI=1S/C28H33NO6/c1-18-24(27(30)34-5)26(21-14-15-22(32-3)23(17-21)33-4)25(28(31)35-6)19(2)29(18)16-10-13-20-11-8-7-9-12-20/h7-9,11-12,14-15,17,26H,10,13,16H2,1-6H3. The lowest BCUT2D eigenvalue weighted by Crippen LogP contribution is -2.35. The normalized spacial score (nSPS) is 14.2. The molecule has 1 aliphatic rings. The van der Waals surface area contributed by atoms with Gasteiger partial charge in [-0.05, 0) is 49.9 Å². The van der Waals surface area contributed by atoms with Gasteiger partial charge in [0.15, 0.2) is 11.5 Å². The Morgan fingerprint density at radius 3 is 1.89 bits per heavy atom. The summed E-state index contributed by atoms with van der Waals surface area (Å²) in [6.45, 7) is 4.41. The molecule has 186 valence electrons. The first-order valence-corrected chi connectivity index (χ1v) is 11.5. The van der Waals surface area contributed by atoms with Crippen molar-refractivity contribution in [2.24, 2.45) is 0 Å². The highest BCUT2D eigenvalue weighted by Gasteiger charge is 2.40. The fourth-order valence-corrected chi connectivity index (χ4v) is 4.64. The second kappa shape index (κ2) is 11.6. The molecule has 35 heavy (non-hydrogen) atoms. The number of allylic oxidation sites excluding steroid dienone is 2. The maximum Gasteiger partial charge on any atom is 0.336 e. The van der Waals surface area contributed by atoms with Crippen molar-refractivity contribution in [3.05, 3.63) is 82.2 Å². The fourth-order valence-electron chi connectivity index (χ4n) is 4.64. The van der Waals surface area contributed by atoms with Gasteiger partial charge in [-0.2, -0.15) is 0 Å². The van der Waals surface area contributed by atoms with Crippen molar-refractivity contribution < 1.29 is 28.5 Å². The Morgan fingerprint density at radius 1 is 0.800 bits per heavy atom. The SMILES string of the molecule is COC(=O)C1=C(C)N(CCCc2ccccc2)C(C)=C(C(=O)OC)C1c1ccc(OC)c(OC)c1. The van der Waals surface area contributed by atoms with Crippen LogP contribution in [-0.2, 0) is 25.5 Å². The van der Waals surface area contributed by atoms with Gasteiger partial charge in [-0.25, -0.2) is 9.59 Å². The number of nitrogens with zero attached hydrogens (tertiary/aromatic N) is 1. The van der Waals surface area contributed by atoms with E-state index in [4.69, 9.17) is 18.9 Å². The highest BCUT2D eigenvalue weighted by Crippen LogP contribution is 2.44. The number of rotatable bonds is 9. The van der Waals surface area contributed by atoms with E-state index in [0.29, 0.717) is 34.8 Å². The van der Waals surface area contributed by atoms with E-state index in [1.165, 1.54) is 19.8 Å². The van der Waals surface area contributed by atoms with Crippen molar-refractivity contribution in [1.82, 2.24) is 4.90 Å². The van der Waals surface area contributed by atoms with Crippen molar-refractivity contribution in [1.29, 1.82) is 0 Å². The third kappa shape index (κ3) is 5.34. The first-order chi connectivity index (χ1) is 16.9. The Bertz CT molecular complexity index is 1100. The van der Waals surface area contributed by atoms with Gasteiger partial charge in [-0.15, -0.1) is 0 Å². The Kier molecular flexibility index (Phi) is 8.58. The Labute approximate surface area is 206 Å². The van der Waals surface area contributed by atoms with Crippen molar-refractivity contribution in [3.63, 3.8) is 0 Å². The van der Waals surface area contributed by atoms with Crippen LogP contribution >= 0.6 is 0 Å². The molecule has 0 bridgehead atoms. The molecule has 0 amide bonds. The van der Waals surface area contributed by atoms with Crippen LogP contribution in [0, 0.1) is 0 Å². The van der Waals surface area contributed by atoms with Gasteiger partial charge in [-0.1, -0.05) is 36.4 Å². The predicted molar refractivity (Wildman–Crippen MR) is 133 cm³/mol. The van der Waals surface area contributed by atoms with Crippen LogP contribution in [0.3, 0.4) is 0 Å². The van der Waals surface area contributed by atoms with Gasteiger partial charge >= 0.3 is 11.9 Å². The average Bonchev–Trinajstić information content (AvgIpc) is 2.89. The second-order valence-corrected chi connectivity index (χ2v) is 8.27. The zero-order chi connectivity index (χ0) is 25.5. The van der Waals surface area contributed by atoms with Crippen LogP contribution in [0.4, 0.5) is 0 Å². The van der Waals surface area contributed by atoms with Gasteiger partial charge < -0.3 is 23.8 Å². The molecule has 0 unspecified atom stereocenters. The Morgan fingerprint density at radius 2 is 1.37 bits per heavy atom. The fraction of sp³-hybridized carbons (Fsp3) is 0.357. The molecule has 7 nitrogen and oxygen atoms in total. The molecule has 0 fully saturated rings. The summed E-state index contributed by atoms with van der Waals surface area (Å²) in [5, 5.41) is 0. The Hall–Kier alpha value is -3.74. The van der Waals surface area contributed by atoms with Gasteiger partial charge in [0.25, 0.3) is 0 Å². The molecule has 0 spiro atoms. The largest absolute Gasteiger partial charge is 0.493 e. The highest BCUT2D eigenvalue weighted by molar-refractivity contribution is 5.99. The van der Waals surface area contributed by atoms with Gasteiger partial charge in [0.05, 0.1) is 45.5 Å².